The van der Waals surface area contributed by atoms with Crippen molar-refractivity contribution in [3.63, 3.8) is 0 Å². The quantitative estimate of drug-likeness (QED) is 0.283. The maximum atomic E-state index is 13.4. The standard InChI is InChI=1S/C18H20F6N4O/c1-10(29)14-5-12(19)2-3-15(14)28-13(6-16(26)18(22,23)24)4-11(7-25)8-27-9-17(20)21/h2-3,5-8,10,17,25-29H,4,9H2,1H3/b11-8-,13-6-,25-7?,26-16?. The Morgan fingerprint density at radius 3 is 2.45 bits per heavy atom. The lowest BCUT2D eigenvalue weighted by molar-refractivity contribution is -0.0584. The van der Waals surface area contributed by atoms with Gasteiger partial charge in [0.25, 0.3) is 6.43 Å². The van der Waals surface area contributed by atoms with Crippen molar-refractivity contribution in [3.8, 4) is 0 Å². The number of benzene rings is 1. The van der Waals surface area contributed by atoms with Crippen LogP contribution in [0.15, 0.2) is 41.7 Å². The lowest BCUT2D eigenvalue weighted by atomic mass is 10.1. The van der Waals surface area contributed by atoms with Crippen LogP contribution in [0.3, 0.4) is 0 Å². The van der Waals surface area contributed by atoms with E-state index < -0.39 is 36.8 Å². The summed E-state index contributed by atoms with van der Waals surface area (Å²) in [5.74, 6) is -0.670. The second-order valence-corrected chi connectivity index (χ2v) is 5.95. The maximum absolute atomic E-state index is 13.4. The lowest BCUT2D eigenvalue weighted by Gasteiger charge is -2.18. The zero-order valence-corrected chi connectivity index (χ0v) is 15.2. The monoisotopic (exact) mass is 422 g/mol. The molecule has 1 aromatic rings. The van der Waals surface area contributed by atoms with Gasteiger partial charge in [-0.15, -0.1) is 0 Å². The Morgan fingerprint density at radius 1 is 1.28 bits per heavy atom. The number of hydrogen-bond donors (Lipinski definition) is 5. The minimum absolute atomic E-state index is 0.0417. The van der Waals surface area contributed by atoms with Crippen molar-refractivity contribution >= 4 is 17.6 Å². The van der Waals surface area contributed by atoms with E-state index in [4.69, 9.17) is 10.8 Å². The molecule has 0 amide bonds. The van der Waals surface area contributed by atoms with Gasteiger partial charge in [0.1, 0.15) is 11.5 Å². The van der Waals surface area contributed by atoms with E-state index in [1.807, 2.05) is 0 Å². The molecule has 0 heterocycles. The van der Waals surface area contributed by atoms with E-state index >= 15 is 0 Å². The number of aliphatic hydroxyl groups excluding tert-OH is 1. The van der Waals surface area contributed by atoms with Crippen molar-refractivity contribution in [3.05, 3.63) is 53.1 Å². The van der Waals surface area contributed by atoms with E-state index in [2.05, 4.69) is 10.6 Å². The summed E-state index contributed by atoms with van der Waals surface area (Å²) in [6.07, 6.45) is -6.84. The average Bonchev–Trinajstić information content (AvgIpc) is 2.60. The fourth-order valence-corrected chi connectivity index (χ4v) is 2.20. The van der Waals surface area contributed by atoms with Crippen molar-refractivity contribution in [2.45, 2.75) is 32.1 Å². The van der Waals surface area contributed by atoms with Gasteiger partial charge in [0, 0.05) is 35.8 Å². The predicted molar refractivity (Wildman–Crippen MR) is 98.0 cm³/mol. The average molecular weight is 422 g/mol. The van der Waals surface area contributed by atoms with Crippen LogP contribution in [0, 0.1) is 16.6 Å². The molecule has 1 rings (SSSR count). The molecule has 1 unspecified atom stereocenters. The summed E-state index contributed by atoms with van der Waals surface area (Å²) < 4.78 is 76.2. The largest absolute Gasteiger partial charge is 0.432 e. The molecular weight excluding hydrogens is 402 g/mol. The minimum Gasteiger partial charge on any atom is -0.389 e. The highest BCUT2D eigenvalue weighted by atomic mass is 19.4. The van der Waals surface area contributed by atoms with Crippen molar-refractivity contribution < 1.29 is 31.4 Å². The van der Waals surface area contributed by atoms with E-state index in [-0.39, 0.29) is 28.9 Å². The van der Waals surface area contributed by atoms with Crippen LogP contribution in [0.25, 0.3) is 0 Å². The van der Waals surface area contributed by atoms with Crippen LogP contribution in [-0.4, -0.2) is 36.2 Å². The molecule has 1 atom stereocenters. The van der Waals surface area contributed by atoms with Crippen LogP contribution < -0.4 is 10.6 Å². The van der Waals surface area contributed by atoms with Gasteiger partial charge in [0.2, 0.25) is 0 Å². The molecule has 1 aromatic carbocycles. The lowest BCUT2D eigenvalue weighted by Crippen LogP contribution is -2.21. The first-order valence-electron chi connectivity index (χ1n) is 8.26. The van der Waals surface area contributed by atoms with Crippen molar-refractivity contribution in [2.75, 3.05) is 11.9 Å². The van der Waals surface area contributed by atoms with Gasteiger partial charge < -0.3 is 21.1 Å². The fourth-order valence-electron chi connectivity index (χ4n) is 2.20. The Kier molecular flexibility index (Phi) is 8.89. The molecule has 0 aromatic heterocycles. The van der Waals surface area contributed by atoms with Gasteiger partial charge in [0.05, 0.1) is 12.6 Å². The first kappa shape index (κ1) is 24.2. The topological polar surface area (TPSA) is 92.0 Å². The first-order chi connectivity index (χ1) is 13.4. The second kappa shape index (κ2) is 10.6. The SMILES string of the molecule is CC(O)c1cc(F)ccc1N/C(=C\C(=N)C(F)(F)F)C/C(C=N)=C/NCC(F)F. The van der Waals surface area contributed by atoms with Crippen molar-refractivity contribution in [1.82, 2.24) is 5.32 Å². The molecule has 0 aliphatic heterocycles. The molecule has 0 saturated carbocycles. The molecule has 29 heavy (non-hydrogen) atoms. The minimum atomic E-state index is -4.94. The molecule has 0 radical (unpaired) electrons. The Hall–Kier alpha value is -2.82. The van der Waals surface area contributed by atoms with Crippen molar-refractivity contribution in [1.29, 1.82) is 10.8 Å². The van der Waals surface area contributed by atoms with E-state index in [0.29, 0.717) is 6.08 Å². The normalized spacial score (nSPS) is 14.0. The highest BCUT2D eigenvalue weighted by Gasteiger charge is 2.33. The van der Waals surface area contributed by atoms with Gasteiger partial charge in [0.15, 0.2) is 0 Å². The highest BCUT2D eigenvalue weighted by molar-refractivity contribution is 5.98. The van der Waals surface area contributed by atoms with Gasteiger partial charge >= 0.3 is 6.18 Å². The summed E-state index contributed by atoms with van der Waals surface area (Å²) in [6.45, 7) is 0.616. The molecule has 5 nitrogen and oxygen atoms in total. The van der Waals surface area contributed by atoms with Gasteiger partial charge in [-0.1, -0.05) is 0 Å². The number of nitrogens with one attached hydrogen (secondary N) is 4. The third-order valence-electron chi connectivity index (χ3n) is 3.52. The molecule has 0 fully saturated rings. The predicted octanol–water partition coefficient (Wildman–Crippen LogP) is 4.54. The molecule has 0 bridgehead atoms. The van der Waals surface area contributed by atoms with Gasteiger partial charge in [-0.05, 0) is 36.8 Å². The summed E-state index contributed by atoms with van der Waals surface area (Å²) in [5.41, 5.74) is -1.71. The third-order valence-corrected chi connectivity index (χ3v) is 3.52. The summed E-state index contributed by atoms with van der Waals surface area (Å²) in [4.78, 5) is 0. The number of anilines is 1. The van der Waals surface area contributed by atoms with Crippen LogP contribution in [0.4, 0.5) is 32.0 Å². The summed E-state index contributed by atoms with van der Waals surface area (Å²) >= 11 is 0. The Morgan fingerprint density at radius 2 is 1.93 bits per heavy atom. The fraction of sp³-hybridized carbons (Fsp3) is 0.333. The van der Waals surface area contributed by atoms with Crippen LogP contribution in [-0.2, 0) is 0 Å². The number of halogens is 6. The molecule has 11 heteroatoms. The maximum Gasteiger partial charge on any atom is 0.432 e. The Balaban J connectivity index is 3.24. The smallest absolute Gasteiger partial charge is 0.389 e. The van der Waals surface area contributed by atoms with E-state index in [0.717, 1.165) is 24.5 Å². The number of rotatable bonds is 10. The molecule has 0 aliphatic carbocycles. The van der Waals surface area contributed by atoms with Crippen LogP contribution in [0.2, 0.25) is 0 Å². The van der Waals surface area contributed by atoms with Gasteiger partial charge in [-0.3, -0.25) is 5.41 Å². The first-order valence-corrected chi connectivity index (χ1v) is 8.26. The highest BCUT2D eigenvalue weighted by Crippen LogP contribution is 2.27. The van der Waals surface area contributed by atoms with Crippen LogP contribution in [0.1, 0.15) is 25.0 Å². The number of hydrogen-bond acceptors (Lipinski definition) is 5. The molecule has 0 saturated heterocycles. The second-order valence-electron chi connectivity index (χ2n) is 5.95. The molecule has 0 spiro atoms. The molecule has 0 aliphatic rings. The summed E-state index contributed by atoms with van der Waals surface area (Å²) in [5, 5.41) is 29.1. The zero-order chi connectivity index (χ0) is 22.2. The van der Waals surface area contributed by atoms with E-state index in [1.165, 1.54) is 13.0 Å². The number of allylic oxidation sites excluding steroid dienone is 2. The molecular formula is C18H20F6N4O. The van der Waals surface area contributed by atoms with Crippen molar-refractivity contribution in [2.24, 2.45) is 0 Å². The molecule has 5 N–H and O–H groups in total. The molecule has 160 valence electrons. The zero-order valence-electron chi connectivity index (χ0n) is 15.2. The van der Waals surface area contributed by atoms with E-state index in [9.17, 15) is 31.4 Å². The van der Waals surface area contributed by atoms with Gasteiger partial charge in [-0.2, -0.15) is 13.2 Å². The number of aliphatic hydroxyl groups is 1. The third kappa shape index (κ3) is 8.38. The Bertz CT molecular complexity index is 787. The van der Waals surface area contributed by atoms with Gasteiger partial charge in [-0.25, -0.2) is 13.2 Å². The summed E-state index contributed by atoms with van der Waals surface area (Å²) in [7, 11) is 0. The van der Waals surface area contributed by atoms with Crippen LogP contribution >= 0.6 is 0 Å². The Labute approximate surface area is 163 Å². The number of alkyl halides is 5. The van der Waals surface area contributed by atoms with Crippen LogP contribution in [0.5, 0.6) is 0 Å². The van der Waals surface area contributed by atoms with E-state index in [1.54, 1.807) is 0 Å². The summed E-state index contributed by atoms with van der Waals surface area (Å²) in [6, 6.07) is 3.22.